The van der Waals surface area contributed by atoms with E-state index in [-0.39, 0.29) is 23.8 Å². The highest BCUT2D eigenvalue weighted by Gasteiger charge is 2.34. The Labute approximate surface area is 170 Å². The third-order valence-corrected chi connectivity index (χ3v) is 5.27. The van der Waals surface area contributed by atoms with Gasteiger partial charge in [0.2, 0.25) is 0 Å². The molecule has 2 aromatic rings. The maximum Gasteiger partial charge on any atom is 0.322 e. The summed E-state index contributed by atoms with van der Waals surface area (Å²) in [5.74, 6) is -4.76. The Morgan fingerprint density at radius 2 is 1.93 bits per heavy atom. The molecule has 0 saturated carbocycles. The first-order valence-electron chi connectivity index (χ1n) is 9.40. The van der Waals surface area contributed by atoms with Crippen LogP contribution >= 0.6 is 0 Å². The molecule has 8 nitrogen and oxygen atoms in total. The van der Waals surface area contributed by atoms with E-state index < -0.39 is 29.0 Å². The molecule has 1 aromatic carbocycles. The van der Waals surface area contributed by atoms with Crippen molar-refractivity contribution in [2.75, 3.05) is 25.1 Å². The lowest BCUT2D eigenvalue weighted by atomic mass is 10.0. The molecule has 2 aliphatic heterocycles. The number of anilines is 1. The van der Waals surface area contributed by atoms with Gasteiger partial charge in [0.05, 0.1) is 30.7 Å². The van der Waals surface area contributed by atoms with Crippen molar-refractivity contribution in [3.05, 3.63) is 47.3 Å². The number of ether oxygens (including phenoxy) is 1. The Hall–Kier alpha value is -3.08. The van der Waals surface area contributed by atoms with Gasteiger partial charge in [0, 0.05) is 37.5 Å². The first-order valence-corrected chi connectivity index (χ1v) is 9.40. The third-order valence-electron chi connectivity index (χ3n) is 5.27. The highest BCUT2D eigenvalue weighted by atomic mass is 19.2. The average Bonchev–Trinajstić information content (AvgIpc) is 3.31. The van der Waals surface area contributed by atoms with E-state index in [9.17, 15) is 22.8 Å². The number of fused-ring (bicyclic) bond motifs is 1. The summed E-state index contributed by atoms with van der Waals surface area (Å²) in [6.07, 6.45) is 2.23. The lowest BCUT2D eigenvalue weighted by Gasteiger charge is -2.29. The van der Waals surface area contributed by atoms with Crippen molar-refractivity contribution in [1.82, 2.24) is 19.8 Å². The number of urea groups is 1. The molecule has 1 atom stereocenters. The fraction of sp³-hybridized carbons (Fsp3) is 0.421. The predicted molar refractivity (Wildman–Crippen MR) is 99.3 cm³/mol. The number of aromatic nitrogens is 2. The van der Waals surface area contributed by atoms with Crippen molar-refractivity contribution in [3.8, 4) is 0 Å². The first-order chi connectivity index (χ1) is 14.3. The molecular weight excluding hydrogens is 403 g/mol. The Kier molecular flexibility index (Phi) is 5.14. The number of hydrogen-bond donors (Lipinski definition) is 2. The molecule has 3 amide bonds. The van der Waals surface area contributed by atoms with E-state index in [1.54, 1.807) is 4.57 Å². The molecule has 1 unspecified atom stereocenters. The Morgan fingerprint density at radius 3 is 2.60 bits per heavy atom. The van der Waals surface area contributed by atoms with E-state index in [1.165, 1.54) is 11.2 Å². The van der Waals surface area contributed by atoms with Gasteiger partial charge < -0.3 is 24.8 Å². The standard InChI is InChI=1S/C19H20F3N5O3/c1-19(2-5-30-9-19)25-17(28)16-14-8-26(3-4-27(14)10-23-16)18(29)24-11-6-12(20)15(22)13(21)7-11/h6-7,10H,2-5,8-9H2,1H3,(H,24,29)(H,25,28). The van der Waals surface area contributed by atoms with Gasteiger partial charge in [-0.05, 0) is 13.3 Å². The predicted octanol–water partition coefficient (Wildman–Crippen LogP) is 2.26. The van der Waals surface area contributed by atoms with Gasteiger partial charge in [-0.25, -0.2) is 22.9 Å². The molecule has 3 heterocycles. The summed E-state index contributed by atoms with van der Waals surface area (Å²) in [5, 5.41) is 5.28. The van der Waals surface area contributed by atoms with Crippen LogP contribution in [0.5, 0.6) is 0 Å². The molecule has 1 fully saturated rings. The van der Waals surface area contributed by atoms with Crippen LogP contribution in [0, 0.1) is 17.5 Å². The van der Waals surface area contributed by atoms with Crippen molar-refractivity contribution in [3.63, 3.8) is 0 Å². The molecule has 0 spiro atoms. The molecule has 11 heteroatoms. The molecule has 1 saturated heterocycles. The molecule has 30 heavy (non-hydrogen) atoms. The van der Waals surface area contributed by atoms with Gasteiger partial charge in [-0.15, -0.1) is 0 Å². The number of halogens is 3. The number of imidazole rings is 1. The second kappa shape index (κ2) is 7.63. The number of nitrogens with zero attached hydrogens (tertiary/aromatic N) is 3. The third kappa shape index (κ3) is 3.84. The van der Waals surface area contributed by atoms with E-state index in [0.717, 1.165) is 0 Å². The monoisotopic (exact) mass is 423 g/mol. The number of benzene rings is 1. The Bertz CT molecular complexity index is 980. The van der Waals surface area contributed by atoms with Crippen LogP contribution in [0.1, 0.15) is 29.5 Å². The normalized spacial score (nSPS) is 20.7. The SMILES string of the molecule is CC1(NC(=O)c2ncn3c2CN(C(=O)Nc2cc(F)c(F)c(F)c2)CC3)CCOC1. The maximum absolute atomic E-state index is 13.4. The zero-order valence-corrected chi connectivity index (χ0v) is 16.2. The smallest absolute Gasteiger partial charge is 0.322 e. The highest BCUT2D eigenvalue weighted by Crippen LogP contribution is 2.22. The van der Waals surface area contributed by atoms with Crippen LogP contribution < -0.4 is 10.6 Å². The van der Waals surface area contributed by atoms with Crippen LogP contribution in [0.3, 0.4) is 0 Å². The fourth-order valence-corrected chi connectivity index (χ4v) is 3.55. The fourth-order valence-electron chi connectivity index (χ4n) is 3.55. The van der Waals surface area contributed by atoms with E-state index in [0.29, 0.717) is 50.6 Å². The van der Waals surface area contributed by atoms with Gasteiger partial charge >= 0.3 is 6.03 Å². The molecule has 0 aliphatic carbocycles. The summed E-state index contributed by atoms with van der Waals surface area (Å²) in [7, 11) is 0. The summed E-state index contributed by atoms with van der Waals surface area (Å²) in [4.78, 5) is 30.9. The van der Waals surface area contributed by atoms with Gasteiger partial charge in [0.25, 0.3) is 5.91 Å². The minimum absolute atomic E-state index is 0.0773. The highest BCUT2D eigenvalue weighted by molar-refractivity contribution is 5.94. The lowest BCUT2D eigenvalue weighted by Crippen LogP contribution is -2.47. The van der Waals surface area contributed by atoms with Crippen LogP contribution in [0.4, 0.5) is 23.7 Å². The van der Waals surface area contributed by atoms with Crippen LogP contribution in [0.25, 0.3) is 0 Å². The second-order valence-corrected chi connectivity index (χ2v) is 7.66. The molecule has 160 valence electrons. The summed E-state index contributed by atoms with van der Waals surface area (Å²) >= 11 is 0. The van der Waals surface area contributed by atoms with Crippen LogP contribution in [0.15, 0.2) is 18.5 Å². The summed E-state index contributed by atoms with van der Waals surface area (Å²) in [5.41, 5.74) is 0.0748. The molecule has 1 aromatic heterocycles. The van der Waals surface area contributed by atoms with Gasteiger partial charge in [-0.3, -0.25) is 4.79 Å². The van der Waals surface area contributed by atoms with E-state index in [2.05, 4.69) is 15.6 Å². The second-order valence-electron chi connectivity index (χ2n) is 7.66. The number of rotatable bonds is 3. The van der Waals surface area contributed by atoms with Crippen LogP contribution in [-0.4, -0.2) is 51.7 Å². The molecule has 2 N–H and O–H groups in total. The maximum atomic E-state index is 13.4. The van der Waals surface area contributed by atoms with Crippen LogP contribution in [0.2, 0.25) is 0 Å². The van der Waals surface area contributed by atoms with Crippen molar-refractivity contribution in [1.29, 1.82) is 0 Å². The summed E-state index contributed by atoms with van der Waals surface area (Å²) in [6.45, 7) is 3.64. The zero-order valence-electron chi connectivity index (χ0n) is 16.2. The topological polar surface area (TPSA) is 88.5 Å². The first kappa shape index (κ1) is 20.2. The number of carbonyl (C=O) groups is 2. The molecule has 4 rings (SSSR count). The van der Waals surface area contributed by atoms with Crippen molar-refractivity contribution in [2.24, 2.45) is 0 Å². The lowest BCUT2D eigenvalue weighted by molar-refractivity contribution is 0.0882. The van der Waals surface area contributed by atoms with E-state index >= 15 is 0 Å². The van der Waals surface area contributed by atoms with Gasteiger partial charge in [0.15, 0.2) is 23.1 Å². The number of carbonyl (C=O) groups excluding carboxylic acids is 2. The number of amides is 3. The quantitative estimate of drug-likeness (QED) is 0.742. The van der Waals surface area contributed by atoms with Gasteiger partial charge in [-0.2, -0.15) is 0 Å². The Balaban J connectivity index is 1.47. The number of hydrogen-bond acceptors (Lipinski definition) is 4. The molecule has 0 bridgehead atoms. The molecular formula is C19H20F3N5O3. The van der Waals surface area contributed by atoms with Crippen molar-refractivity contribution in [2.45, 2.75) is 32.0 Å². The largest absolute Gasteiger partial charge is 0.379 e. The Morgan fingerprint density at radius 1 is 1.20 bits per heavy atom. The van der Waals surface area contributed by atoms with Crippen LogP contribution in [-0.2, 0) is 17.8 Å². The minimum Gasteiger partial charge on any atom is -0.379 e. The van der Waals surface area contributed by atoms with E-state index in [4.69, 9.17) is 4.74 Å². The number of nitrogens with one attached hydrogen (secondary N) is 2. The minimum atomic E-state index is -1.60. The van der Waals surface area contributed by atoms with E-state index in [1.807, 2.05) is 6.92 Å². The van der Waals surface area contributed by atoms with Crippen molar-refractivity contribution < 1.29 is 27.5 Å². The summed E-state index contributed by atoms with van der Waals surface area (Å²) < 4.78 is 47.0. The van der Waals surface area contributed by atoms with Crippen molar-refractivity contribution >= 4 is 17.6 Å². The van der Waals surface area contributed by atoms with Gasteiger partial charge in [0.1, 0.15) is 0 Å². The summed E-state index contributed by atoms with van der Waals surface area (Å²) in [6, 6.07) is 0.775. The van der Waals surface area contributed by atoms with Gasteiger partial charge in [-0.1, -0.05) is 0 Å². The average molecular weight is 423 g/mol. The molecule has 0 radical (unpaired) electrons. The molecule has 2 aliphatic rings. The zero-order chi connectivity index (χ0) is 21.5.